The van der Waals surface area contributed by atoms with Crippen molar-refractivity contribution < 1.29 is 0 Å². The predicted octanol–water partition coefficient (Wildman–Crippen LogP) is 24.7. The van der Waals surface area contributed by atoms with Gasteiger partial charge in [-0.25, -0.2) is 43.6 Å². The van der Waals surface area contributed by atoms with Gasteiger partial charge in [0.25, 0.3) is 0 Å². The van der Waals surface area contributed by atoms with E-state index in [1.54, 1.807) is 37.2 Å². The first kappa shape index (κ1) is 77.2. The molecule has 642 valence electrons. The summed E-state index contributed by atoms with van der Waals surface area (Å²) < 4.78 is 12.2. The molecule has 24 nitrogen and oxygen atoms in total. The fraction of sp³-hybridized carbons (Fsp3) is 0. The second kappa shape index (κ2) is 31.0. The summed E-state index contributed by atoms with van der Waals surface area (Å²) in [5.74, 6) is 4.46. The molecule has 0 aliphatic carbocycles. The molecule has 0 radical (unpaired) electrons. The van der Waals surface area contributed by atoms with Crippen LogP contribution in [0, 0.1) is 0 Å². The van der Waals surface area contributed by atoms with Crippen molar-refractivity contribution in [2.75, 3.05) is 0 Å². The molecule has 0 saturated heterocycles. The summed E-state index contributed by atoms with van der Waals surface area (Å²) in [5.41, 5.74) is 15.9. The Labute approximate surface area is 780 Å². The highest BCUT2D eigenvalue weighted by Crippen LogP contribution is 2.43. The minimum atomic E-state index is 0.435. The topological polar surface area (TPSA) is 262 Å². The zero-order chi connectivity index (χ0) is 90.6. The maximum Gasteiger partial charge on any atom is 0.242 e. The van der Waals surface area contributed by atoms with Crippen molar-refractivity contribution in [3.63, 3.8) is 0 Å². The Morgan fingerprint density at radius 2 is 0.384 bits per heavy atom. The molecule has 0 aliphatic heterocycles. The molecule has 30 aromatic rings. The van der Waals surface area contributed by atoms with Crippen LogP contribution in [0.15, 0.2) is 402 Å². The molecule has 138 heavy (non-hydrogen) atoms. The van der Waals surface area contributed by atoms with E-state index in [9.17, 15) is 0 Å². The van der Waals surface area contributed by atoms with Crippen molar-refractivity contribution in [1.29, 1.82) is 0 Å². The zero-order valence-corrected chi connectivity index (χ0v) is 72.8. The third kappa shape index (κ3) is 12.1. The van der Waals surface area contributed by atoms with Gasteiger partial charge in [0.05, 0.1) is 49.7 Å². The Hall–Kier alpha value is -19.6. The van der Waals surface area contributed by atoms with Crippen LogP contribution in [0.5, 0.6) is 0 Å². The van der Waals surface area contributed by atoms with Crippen LogP contribution in [-0.2, 0) is 0 Å². The summed E-state index contributed by atoms with van der Waals surface area (Å²) in [5, 5.41) is 21.9. The average Bonchev–Trinajstić information content (AvgIpc) is 1.61. The highest BCUT2D eigenvalue weighted by atomic mass is 15.3. The molecule has 0 saturated carbocycles. The van der Waals surface area contributed by atoms with E-state index in [0.717, 1.165) is 213 Å². The highest BCUT2D eigenvalue weighted by Gasteiger charge is 2.29. The number of aromatic nitrogens is 24. The van der Waals surface area contributed by atoms with Crippen LogP contribution in [0.2, 0.25) is 0 Å². The van der Waals surface area contributed by atoms with E-state index in [4.69, 9.17) is 89.7 Å². The van der Waals surface area contributed by atoms with Gasteiger partial charge in [0.1, 0.15) is 33.9 Å². The van der Waals surface area contributed by atoms with E-state index in [1.165, 1.54) is 0 Å². The van der Waals surface area contributed by atoms with Crippen molar-refractivity contribution in [3.8, 4) is 69.9 Å². The Bertz CT molecular complexity index is 9200. The smallest absolute Gasteiger partial charge is 0.242 e. The fourth-order valence-corrected chi connectivity index (χ4v) is 20.3. The zero-order valence-electron chi connectivity index (χ0n) is 72.8. The molecule has 30 rings (SSSR count). The number of pyridine rings is 9. The van der Waals surface area contributed by atoms with Gasteiger partial charge < -0.3 is 0 Å². The predicted molar refractivity (Wildman–Crippen MR) is 547 cm³/mol. The second-order valence-electron chi connectivity index (χ2n) is 33.8. The standard InChI is InChI=1S/3C38H22N8/c1-3-16-31-25(10-1)26-11-2-4-17-32(26)45(31)37-42-34(28-13-5-12-27-24(28)19-18-23-9-6-20-39-33(23)27)43-38(44-37)46-35-29(14-7-21-40-35)30-15-8-22-41-36(30)46;1-2-14-27-24(11-1)30(22-23-10-7-19-39-33(23)27)34-42-37(45-31-17-5-3-12-25(31)26-13-4-6-18-32(26)45)44-38(43-34)46-35-28(15-8-20-40-35)29-16-9-21-41-36(29)46;1-2-11-24-23(10-1)22-30(27-14-7-19-39-33(24)27)34-42-37(45-31-17-5-3-12-25(31)26-13-4-6-18-32(26)45)44-38(43-34)46-35-28(15-8-20-40-35)29-16-9-21-41-36(29)46/h3*1-22H. The summed E-state index contributed by atoms with van der Waals surface area (Å²) in [4.78, 5) is 89.8. The van der Waals surface area contributed by atoms with Crippen LogP contribution >= 0.6 is 0 Å². The Kier molecular flexibility index (Phi) is 17.3. The van der Waals surface area contributed by atoms with E-state index in [0.29, 0.717) is 53.2 Å². The van der Waals surface area contributed by atoms with Gasteiger partial charge in [-0.15, -0.1) is 0 Å². The van der Waals surface area contributed by atoms with E-state index in [1.807, 2.05) is 154 Å². The molecule has 0 amide bonds. The molecular weight excluding hydrogens is 1710 g/mol. The molecule has 0 spiro atoms. The maximum atomic E-state index is 5.24. The summed E-state index contributed by atoms with van der Waals surface area (Å²) in [6.07, 6.45) is 16.2. The van der Waals surface area contributed by atoms with Gasteiger partial charge in [-0.2, -0.15) is 44.9 Å². The Morgan fingerprint density at radius 1 is 0.138 bits per heavy atom. The van der Waals surface area contributed by atoms with Crippen LogP contribution < -0.4 is 0 Å². The third-order valence-electron chi connectivity index (χ3n) is 26.2. The fourth-order valence-electron chi connectivity index (χ4n) is 20.3. The molecular formula is C114H66N24. The normalized spacial score (nSPS) is 11.9. The molecule has 18 aromatic heterocycles. The van der Waals surface area contributed by atoms with E-state index in [2.05, 4.69) is 238 Å². The number of hydrogen-bond acceptors (Lipinski definition) is 18. The lowest BCUT2D eigenvalue weighted by molar-refractivity contribution is 0.883. The van der Waals surface area contributed by atoms with Crippen molar-refractivity contribution in [2.24, 2.45) is 0 Å². The Morgan fingerprint density at radius 3 is 0.768 bits per heavy atom. The van der Waals surface area contributed by atoms with Crippen LogP contribution in [-0.4, -0.2) is 117 Å². The first-order chi connectivity index (χ1) is 68.5. The van der Waals surface area contributed by atoms with Gasteiger partial charge in [-0.3, -0.25) is 28.7 Å². The van der Waals surface area contributed by atoms with Crippen LogP contribution in [0.4, 0.5) is 0 Å². The van der Waals surface area contributed by atoms with Crippen LogP contribution in [0.3, 0.4) is 0 Å². The highest BCUT2D eigenvalue weighted by molar-refractivity contribution is 6.17. The molecule has 0 aliphatic rings. The first-order valence-electron chi connectivity index (χ1n) is 45.2. The quantitative estimate of drug-likeness (QED) is 0.122. The van der Waals surface area contributed by atoms with E-state index < -0.39 is 0 Å². The van der Waals surface area contributed by atoms with Gasteiger partial charge in [0.15, 0.2) is 17.5 Å². The van der Waals surface area contributed by atoms with Gasteiger partial charge in [-0.05, 0) is 156 Å². The van der Waals surface area contributed by atoms with E-state index >= 15 is 0 Å². The summed E-state index contributed by atoms with van der Waals surface area (Å²) in [7, 11) is 0. The van der Waals surface area contributed by atoms with Crippen LogP contribution in [0.25, 0.3) is 266 Å². The molecule has 18 heterocycles. The minimum Gasteiger partial charge on any atom is -0.278 e. The number of para-hydroxylation sites is 6. The lowest BCUT2D eigenvalue weighted by atomic mass is 10.00. The molecule has 0 fully saturated rings. The van der Waals surface area contributed by atoms with E-state index in [-0.39, 0.29) is 0 Å². The van der Waals surface area contributed by atoms with Gasteiger partial charge in [0, 0.05) is 169 Å². The van der Waals surface area contributed by atoms with Crippen molar-refractivity contribution in [1.82, 2.24) is 117 Å². The van der Waals surface area contributed by atoms with Gasteiger partial charge >= 0.3 is 0 Å². The third-order valence-corrected chi connectivity index (χ3v) is 26.2. The van der Waals surface area contributed by atoms with Crippen molar-refractivity contribution >= 4 is 197 Å². The monoisotopic (exact) mass is 1770 g/mol. The first-order valence-corrected chi connectivity index (χ1v) is 45.2. The molecule has 0 N–H and O–H groups in total. The number of benzene rings is 12. The van der Waals surface area contributed by atoms with Crippen LogP contribution in [0.1, 0.15) is 0 Å². The second-order valence-corrected chi connectivity index (χ2v) is 33.8. The molecule has 12 aromatic carbocycles. The van der Waals surface area contributed by atoms with Crippen molar-refractivity contribution in [3.05, 3.63) is 402 Å². The average molecular weight is 1770 g/mol. The number of fused-ring (bicyclic) bond motifs is 27. The molecule has 24 heteroatoms. The lowest BCUT2D eigenvalue weighted by Crippen LogP contribution is -2.11. The summed E-state index contributed by atoms with van der Waals surface area (Å²) in [6.45, 7) is 0. The largest absolute Gasteiger partial charge is 0.278 e. The number of nitrogens with zero attached hydrogens (tertiary/aromatic N) is 24. The molecule has 0 bridgehead atoms. The molecule has 0 atom stereocenters. The van der Waals surface area contributed by atoms with Gasteiger partial charge in [0.2, 0.25) is 35.7 Å². The number of rotatable bonds is 9. The lowest BCUT2D eigenvalue weighted by Gasteiger charge is -2.14. The SMILES string of the molecule is c1ccc2c(c1)cc(-c1nc(-n3c4ccccc4c4ccccc43)nc(-n3c4ncccc4c4cccnc43)n1)c1cccnc12.c1cnc2c(c1)cc(-c1nc(-n3c4ccccc4c4ccccc43)nc(-n3c4ncccc4c4cccnc43)n1)c1ccccc12.c1cnc2c(c1)ccc1c(-c3nc(-n4c5ccccc5c5ccccc54)nc(-n4c5ncccc5c5cccnc54)n3)cccc12. The number of hydrogen-bond donors (Lipinski definition) is 0. The van der Waals surface area contributed by atoms with Crippen molar-refractivity contribution in [2.45, 2.75) is 0 Å². The molecule has 0 unspecified atom stereocenters. The van der Waals surface area contributed by atoms with Gasteiger partial charge in [-0.1, -0.05) is 206 Å². The summed E-state index contributed by atoms with van der Waals surface area (Å²) >= 11 is 0. The maximum absolute atomic E-state index is 5.24. The summed E-state index contributed by atoms with van der Waals surface area (Å²) in [6, 6.07) is 118. The Balaban J connectivity index is 0.000000102. The minimum absolute atomic E-state index is 0.435.